The second kappa shape index (κ2) is 8.23. The number of phenols is 7. The zero-order valence-electron chi connectivity index (χ0n) is 20.6. The Morgan fingerprint density at radius 2 is 0.829 bits per heavy atom. The van der Waals surface area contributed by atoms with Crippen LogP contribution in [0.3, 0.4) is 0 Å². The summed E-state index contributed by atoms with van der Waals surface area (Å²) in [7, 11) is 1.27. The Labute approximate surface area is 228 Å². The first-order valence-electron chi connectivity index (χ1n) is 11.7. The number of fused-ring (bicyclic) bond motifs is 4. The van der Waals surface area contributed by atoms with Crippen molar-refractivity contribution >= 4 is 23.1 Å². The number of carbonyl (C=O) groups is 4. The van der Waals surface area contributed by atoms with E-state index >= 15 is 0 Å². The highest BCUT2D eigenvalue weighted by Crippen LogP contribution is 2.53. The molecule has 0 fully saturated rings. The van der Waals surface area contributed by atoms with Crippen LogP contribution < -0.4 is 4.74 Å². The van der Waals surface area contributed by atoms with Crippen molar-refractivity contribution in [1.82, 2.24) is 0 Å². The number of hydrogen-bond acceptors (Lipinski definition) is 12. The molecule has 12 nitrogen and oxygen atoms in total. The van der Waals surface area contributed by atoms with Crippen molar-refractivity contribution in [2.24, 2.45) is 0 Å². The van der Waals surface area contributed by atoms with E-state index in [1.54, 1.807) is 0 Å². The second-order valence-electron chi connectivity index (χ2n) is 9.36. The highest BCUT2D eigenvalue weighted by Gasteiger charge is 2.41. The number of aromatic hydroxyl groups is 7. The smallest absolute Gasteiger partial charge is 0.202 e. The van der Waals surface area contributed by atoms with E-state index in [1.807, 2.05) is 0 Å². The van der Waals surface area contributed by atoms with Crippen molar-refractivity contribution in [3.8, 4) is 57.1 Å². The first kappa shape index (κ1) is 25.2. The van der Waals surface area contributed by atoms with Crippen LogP contribution in [0.1, 0.15) is 63.7 Å². The third-order valence-corrected chi connectivity index (χ3v) is 7.13. The molecule has 12 heteroatoms. The van der Waals surface area contributed by atoms with Crippen LogP contribution in [0, 0.1) is 0 Å². The first-order chi connectivity index (χ1) is 19.4. The minimum Gasteiger partial charge on any atom is -0.508 e. The predicted molar refractivity (Wildman–Crippen MR) is 137 cm³/mol. The fourth-order valence-electron chi connectivity index (χ4n) is 5.33. The normalized spacial score (nSPS) is 13.4. The molecule has 0 atom stereocenters. The number of rotatable bonds is 2. The van der Waals surface area contributed by atoms with E-state index in [-0.39, 0.29) is 11.3 Å². The molecule has 204 valence electrons. The Kier molecular flexibility index (Phi) is 5.07. The van der Waals surface area contributed by atoms with Crippen LogP contribution in [0.2, 0.25) is 0 Å². The fraction of sp³-hybridized carbons (Fsp3) is 0.0345. The van der Waals surface area contributed by atoms with Crippen LogP contribution in [0.25, 0.3) is 11.1 Å². The van der Waals surface area contributed by atoms with Crippen LogP contribution in [0.5, 0.6) is 46.0 Å². The summed E-state index contributed by atoms with van der Waals surface area (Å²) < 4.78 is 5.02. The van der Waals surface area contributed by atoms with E-state index in [1.165, 1.54) is 13.2 Å². The number of phenolic OH excluding ortho intramolecular Hbond substituents is 7. The van der Waals surface area contributed by atoms with Crippen molar-refractivity contribution in [3.05, 3.63) is 80.9 Å². The molecule has 0 unspecified atom stereocenters. The molecule has 0 bridgehead atoms. The predicted octanol–water partition coefficient (Wildman–Crippen LogP) is 2.85. The van der Waals surface area contributed by atoms with Crippen LogP contribution in [-0.2, 0) is 0 Å². The maximum Gasteiger partial charge on any atom is 0.202 e. The van der Waals surface area contributed by atoms with Gasteiger partial charge in [0.25, 0.3) is 0 Å². The van der Waals surface area contributed by atoms with Gasteiger partial charge in [-0.1, -0.05) is 0 Å². The summed E-state index contributed by atoms with van der Waals surface area (Å²) in [6.07, 6.45) is 0. The molecular weight excluding hydrogens is 540 g/mol. The van der Waals surface area contributed by atoms with Gasteiger partial charge in [-0.25, -0.2) is 0 Å². The number of benzene rings is 4. The SMILES string of the molecule is COc1cc(O)c2c(c1)C(=O)c1cc(O)c(-c3c(O)cc4c(c3O)C(=O)c3c(O)cc(O)cc3C4=O)c(O)c1C2=O. The third kappa shape index (κ3) is 3.21. The maximum absolute atomic E-state index is 13.4. The van der Waals surface area contributed by atoms with E-state index in [4.69, 9.17) is 4.74 Å². The molecule has 0 amide bonds. The number of carbonyl (C=O) groups excluding carboxylic acids is 4. The Hall–Kier alpha value is -6.04. The number of ether oxygens (including phenoxy) is 1. The molecule has 2 aliphatic carbocycles. The average molecular weight is 556 g/mol. The van der Waals surface area contributed by atoms with E-state index in [9.17, 15) is 54.9 Å². The lowest BCUT2D eigenvalue weighted by Crippen LogP contribution is -2.22. The van der Waals surface area contributed by atoms with Gasteiger partial charge in [-0.3, -0.25) is 19.2 Å². The van der Waals surface area contributed by atoms with Crippen molar-refractivity contribution in [1.29, 1.82) is 0 Å². The number of ketones is 4. The summed E-state index contributed by atoms with van der Waals surface area (Å²) in [4.78, 5) is 53.1. The van der Waals surface area contributed by atoms with Crippen molar-refractivity contribution < 1.29 is 59.7 Å². The summed E-state index contributed by atoms with van der Waals surface area (Å²) in [6, 6.07) is 5.57. The lowest BCUT2D eigenvalue weighted by molar-refractivity contribution is 0.0973. The van der Waals surface area contributed by atoms with E-state index in [0.29, 0.717) is 0 Å². The lowest BCUT2D eigenvalue weighted by atomic mass is 9.79. The van der Waals surface area contributed by atoms with Gasteiger partial charge in [-0.15, -0.1) is 0 Å². The van der Waals surface area contributed by atoms with Crippen LogP contribution in [-0.4, -0.2) is 66.0 Å². The lowest BCUT2D eigenvalue weighted by Gasteiger charge is -2.24. The molecule has 41 heavy (non-hydrogen) atoms. The molecule has 0 radical (unpaired) electrons. The Morgan fingerprint density at radius 3 is 1.29 bits per heavy atom. The third-order valence-electron chi connectivity index (χ3n) is 7.13. The van der Waals surface area contributed by atoms with Gasteiger partial charge in [0.1, 0.15) is 46.0 Å². The molecule has 4 aromatic rings. The van der Waals surface area contributed by atoms with Gasteiger partial charge in [0, 0.05) is 34.4 Å². The molecular formula is C29H16O12. The van der Waals surface area contributed by atoms with Gasteiger partial charge >= 0.3 is 0 Å². The van der Waals surface area contributed by atoms with Crippen molar-refractivity contribution in [2.75, 3.05) is 7.11 Å². The van der Waals surface area contributed by atoms with Gasteiger partial charge in [-0.2, -0.15) is 0 Å². The summed E-state index contributed by atoms with van der Waals surface area (Å²) in [6.45, 7) is 0. The van der Waals surface area contributed by atoms with Gasteiger partial charge in [0.05, 0.1) is 40.5 Å². The van der Waals surface area contributed by atoms with Crippen LogP contribution in [0.4, 0.5) is 0 Å². The molecule has 6 rings (SSSR count). The summed E-state index contributed by atoms with van der Waals surface area (Å²) in [5.74, 6) is -9.77. The standard InChI is InChI=1S/C29H16O12/c1-41-9-4-11-19(15(32)5-9)27(38)21-13(25(11)36)7-17(34)23(29(21)40)22-16(33)6-12-20(28(22)39)26(37)18-10(24(12)35)2-8(30)3-14(18)31/h2-7,30-34,39-40H,1H3. The Bertz CT molecular complexity index is 1970. The van der Waals surface area contributed by atoms with E-state index in [0.717, 1.165) is 30.3 Å². The molecule has 0 spiro atoms. The fourth-order valence-corrected chi connectivity index (χ4v) is 5.33. The van der Waals surface area contributed by atoms with Crippen LogP contribution in [0.15, 0.2) is 36.4 Å². The van der Waals surface area contributed by atoms with Gasteiger partial charge in [-0.05, 0) is 24.3 Å². The van der Waals surface area contributed by atoms with Gasteiger partial charge in [0.15, 0.2) is 11.6 Å². The largest absolute Gasteiger partial charge is 0.508 e. The number of methoxy groups -OCH3 is 1. The minimum atomic E-state index is -1.09. The summed E-state index contributed by atoms with van der Waals surface area (Å²) in [5.41, 5.74) is -5.56. The zero-order valence-corrected chi connectivity index (χ0v) is 20.6. The van der Waals surface area contributed by atoms with Gasteiger partial charge < -0.3 is 40.5 Å². The molecule has 0 saturated heterocycles. The van der Waals surface area contributed by atoms with Crippen molar-refractivity contribution in [3.63, 3.8) is 0 Å². The van der Waals surface area contributed by atoms with E-state index < -0.39 is 113 Å². The monoisotopic (exact) mass is 556 g/mol. The molecule has 4 aromatic carbocycles. The Morgan fingerprint density at radius 1 is 0.439 bits per heavy atom. The second-order valence-corrected chi connectivity index (χ2v) is 9.36. The topological polar surface area (TPSA) is 219 Å². The van der Waals surface area contributed by atoms with Crippen molar-refractivity contribution in [2.45, 2.75) is 0 Å². The minimum absolute atomic E-state index is 0.0573. The zero-order chi connectivity index (χ0) is 29.7. The molecule has 0 aromatic heterocycles. The maximum atomic E-state index is 13.4. The molecule has 0 aliphatic heterocycles. The highest BCUT2D eigenvalue weighted by atomic mass is 16.5. The molecule has 0 saturated carbocycles. The molecule has 2 aliphatic rings. The number of hydrogen-bond donors (Lipinski definition) is 7. The Balaban J connectivity index is 1.61. The summed E-state index contributed by atoms with van der Waals surface area (Å²) in [5, 5.41) is 74.5. The highest BCUT2D eigenvalue weighted by molar-refractivity contribution is 6.32. The summed E-state index contributed by atoms with van der Waals surface area (Å²) >= 11 is 0. The molecule has 0 heterocycles. The molecule has 7 N–H and O–H groups in total. The van der Waals surface area contributed by atoms with Gasteiger partial charge in [0.2, 0.25) is 11.6 Å². The van der Waals surface area contributed by atoms with E-state index in [2.05, 4.69) is 0 Å². The van der Waals surface area contributed by atoms with Crippen LogP contribution >= 0.6 is 0 Å². The quantitative estimate of drug-likeness (QED) is 0.164. The first-order valence-corrected chi connectivity index (χ1v) is 11.7. The average Bonchev–Trinajstić information content (AvgIpc) is 2.90.